The SMILES string of the molecule is COc1ccc(-c2cc3ccccc3n2C[C@H](O)CNCCO)cc1. The van der Waals surface area contributed by atoms with Crippen LogP contribution in [0.5, 0.6) is 5.75 Å². The van der Waals surface area contributed by atoms with Crippen molar-refractivity contribution in [2.45, 2.75) is 12.6 Å². The lowest BCUT2D eigenvalue weighted by Crippen LogP contribution is -2.32. The van der Waals surface area contributed by atoms with E-state index in [4.69, 9.17) is 9.84 Å². The zero-order valence-corrected chi connectivity index (χ0v) is 14.4. The summed E-state index contributed by atoms with van der Waals surface area (Å²) in [4.78, 5) is 0. The van der Waals surface area contributed by atoms with E-state index >= 15 is 0 Å². The van der Waals surface area contributed by atoms with Gasteiger partial charge < -0.3 is 24.8 Å². The molecule has 0 aliphatic carbocycles. The predicted octanol–water partition coefficient (Wildman–Crippen LogP) is 2.26. The maximum atomic E-state index is 10.4. The Bertz CT molecular complexity index is 811. The third kappa shape index (κ3) is 4.02. The Morgan fingerprint density at radius 3 is 2.60 bits per heavy atom. The second kappa shape index (κ2) is 8.16. The molecule has 1 aromatic heterocycles. The van der Waals surface area contributed by atoms with Gasteiger partial charge in [-0.25, -0.2) is 0 Å². The first-order valence-corrected chi connectivity index (χ1v) is 8.45. The van der Waals surface area contributed by atoms with Crippen LogP contribution in [0, 0.1) is 0 Å². The molecule has 3 aromatic rings. The summed E-state index contributed by atoms with van der Waals surface area (Å²) in [6.45, 7) is 1.47. The molecule has 0 spiro atoms. The van der Waals surface area contributed by atoms with Crippen LogP contribution in [0.2, 0.25) is 0 Å². The van der Waals surface area contributed by atoms with Gasteiger partial charge in [-0.1, -0.05) is 18.2 Å². The lowest BCUT2D eigenvalue weighted by molar-refractivity contribution is 0.150. The fourth-order valence-corrected chi connectivity index (χ4v) is 3.03. The number of hydrogen-bond acceptors (Lipinski definition) is 4. The van der Waals surface area contributed by atoms with Crippen LogP contribution in [0.1, 0.15) is 0 Å². The molecule has 0 unspecified atom stereocenters. The third-order valence-electron chi connectivity index (χ3n) is 4.26. The number of hydrogen-bond donors (Lipinski definition) is 3. The van der Waals surface area contributed by atoms with Crippen LogP contribution >= 0.6 is 0 Å². The van der Waals surface area contributed by atoms with E-state index in [0.717, 1.165) is 27.9 Å². The second-order valence-corrected chi connectivity index (χ2v) is 6.01. The summed E-state index contributed by atoms with van der Waals surface area (Å²) < 4.78 is 7.38. The minimum atomic E-state index is -0.542. The molecular formula is C20H24N2O3. The molecule has 0 amide bonds. The molecule has 1 heterocycles. The molecule has 0 bridgehead atoms. The maximum Gasteiger partial charge on any atom is 0.118 e. The zero-order valence-electron chi connectivity index (χ0n) is 14.4. The monoisotopic (exact) mass is 340 g/mol. The summed E-state index contributed by atoms with van der Waals surface area (Å²) >= 11 is 0. The first-order valence-electron chi connectivity index (χ1n) is 8.45. The summed E-state index contributed by atoms with van der Waals surface area (Å²) in [6, 6.07) is 18.3. The summed E-state index contributed by atoms with van der Waals surface area (Å²) in [5, 5.41) is 23.4. The van der Waals surface area contributed by atoms with Gasteiger partial charge in [0.25, 0.3) is 0 Å². The number of nitrogens with zero attached hydrogens (tertiary/aromatic N) is 1. The lowest BCUT2D eigenvalue weighted by Gasteiger charge is -2.16. The second-order valence-electron chi connectivity index (χ2n) is 6.01. The first kappa shape index (κ1) is 17.5. The molecule has 0 fully saturated rings. The Morgan fingerprint density at radius 1 is 1.12 bits per heavy atom. The number of para-hydroxylation sites is 1. The van der Waals surface area contributed by atoms with Gasteiger partial charge >= 0.3 is 0 Å². The first-order chi connectivity index (χ1) is 12.2. The van der Waals surface area contributed by atoms with Crippen molar-refractivity contribution in [3.05, 3.63) is 54.6 Å². The molecule has 3 rings (SSSR count). The molecule has 2 aromatic carbocycles. The zero-order chi connectivity index (χ0) is 17.6. The number of ether oxygens (including phenoxy) is 1. The average Bonchev–Trinajstić information content (AvgIpc) is 3.00. The van der Waals surface area contributed by atoms with E-state index in [1.54, 1.807) is 7.11 Å². The van der Waals surface area contributed by atoms with Crippen molar-refractivity contribution in [3.8, 4) is 17.0 Å². The standard InChI is InChI=1S/C20H24N2O3/c1-25-18-8-6-15(7-9-18)20-12-16-4-2-3-5-19(16)22(20)14-17(24)13-21-10-11-23/h2-9,12,17,21,23-24H,10-11,13-14H2,1H3/t17-/m1/s1. The van der Waals surface area contributed by atoms with Gasteiger partial charge in [0.2, 0.25) is 0 Å². The van der Waals surface area contributed by atoms with E-state index in [9.17, 15) is 5.11 Å². The maximum absolute atomic E-state index is 10.4. The van der Waals surface area contributed by atoms with Gasteiger partial charge in [0.15, 0.2) is 0 Å². The highest BCUT2D eigenvalue weighted by Crippen LogP contribution is 2.29. The van der Waals surface area contributed by atoms with E-state index in [1.807, 2.05) is 36.4 Å². The van der Waals surface area contributed by atoms with Crippen molar-refractivity contribution in [2.75, 3.05) is 26.8 Å². The van der Waals surface area contributed by atoms with Crippen molar-refractivity contribution in [3.63, 3.8) is 0 Å². The van der Waals surface area contributed by atoms with Crippen LogP contribution in [0.3, 0.4) is 0 Å². The molecule has 132 valence electrons. The number of aromatic nitrogens is 1. The number of benzene rings is 2. The third-order valence-corrected chi connectivity index (χ3v) is 4.26. The van der Waals surface area contributed by atoms with Crippen LogP contribution in [-0.2, 0) is 6.54 Å². The van der Waals surface area contributed by atoms with Gasteiger partial charge in [-0.05, 0) is 42.0 Å². The van der Waals surface area contributed by atoms with Crippen LogP contribution in [0.4, 0.5) is 0 Å². The smallest absolute Gasteiger partial charge is 0.118 e. The fourth-order valence-electron chi connectivity index (χ4n) is 3.03. The van der Waals surface area contributed by atoms with Crippen molar-refractivity contribution in [1.29, 1.82) is 0 Å². The largest absolute Gasteiger partial charge is 0.497 e. The highest BCUT2D eigenvalue weighted by molar-refractivity contribution is 5.87. The van der Waals surface area contributed by atoms with Gasteiger partial charge in [0.05, 0.1) is 26.4 Å². The summed E-state index contributed by atoms with van der Waals surface area (Å²) in [6.07, 6.45) is -0.542. The Labute approximate surface area is 147 Å². The van der Waals surface area contributed by atoms with Crippen molar-refractivity contribution < 1.29 is 14.9 Å². The van der Waals surface area contributed by atoms with E-state index in [1.165, 1.54) is 0 Å². The van der Waals surface area contributed by atoms with Crippen molar-refractivity contribution in [1.82, 2.24) is 9.88 Å². The number of aliphatic hydroxyl groups is 2. The molecule has 1 atom stereocenters. The number of fused-ring (bicyclic) bond motifs is 1. The fraction of sp³-hybridized carbons (Fsp3) is 0.300. The molecule has 5 heteroatoms. The summed E-state index contributed by atoms with van der Waals surface area (Å²) in [7, 11) is 1.65. The Kier molecular flexibility index (Phi) is 5.71. The number of rotatable bonds is 8. The van der Waals surface area contributed by atoms with E-state index in [0.29, 0.717) is 19.6 Å². The van der Waals surface area contributed by atoms with Gasteiger partial charge in [0, 0.05) is 29.7 Å². The number of aliphatic hydroxyl groups excluding tert-OH is 2. The molecule has 25 heavy (non-hydrogen) atoms. The normalized spacial score (nSPS) is 12.4. The topological polar surface area (TPSA) is 66.7 Å². The van der Waals surface area contributed by atoms with Gasteiger partial charge in [0.1, 0.15) is 5.75 Å². The molecule has 0 saturated carbocycles. The Morgan fingerprint density at radius 2 is 1.88 bits per heavy atom. The predicted molar refractivity (Wildman–Crippen MR) is 99.9 cm³/mol. The van der Waals surface area contributed by atoms with Crippen LogP contribution in [0.15, 0.2) is 54.6 Å². The van der Waals surface area contributed by atoms with Crippen LogP contribution in [-0.4, -0.2) is 47.7 Å². The Hall–Kier alpha value is -2.34. The van der Waals surface area contributed by atoms with Gasteiger partial charge in [-0.2, -0.15) is 0 Å². The van der Waals surface area contributed by atoms with E-state index in [-0.39, 0.29) is 6.61 Å². The molecule has 0 aliphatic heterocycles. The quantitative estimate of drug-likeness (QED) is 0.550. The number of nitrogens with one attached hydrogen (secondary N) is 1. The van der Waals surface area contributed by atoms with Crippen molar-refractivity contribution in [2.24, 2.45) is 0 Å². The van der Waals surface area contributed by atoms with Crippen molar-refractivity contribution >= 4 is 10.9 Å². The lowest BCUT2D eigenvalue weighted by atomic mass is 10.1. The molecule has 5 nitrogen and oxygen atoms in total. The molecule has 0 aliphatic rings. The van der Waals surface area contributed by atoms with E-state index < -0.39 is 6.10 Å². The van der Waals surface area contributed by atoms with Gasteiger partial charge in [-0.15, -0.1) is 0 Å². The summed E-state index contributed by atoms with van der Waals surface area (Å²) in [5.41, 5.74) is 3.23. The molecule has 0 radical (unpaired) electrons. The molecule has 3 N–H and O–H groups in total. The minimum Gasteiger partial charge on any atom is -0.497 e. The van der Waals surface area contributed by atoms with E-state index in [2.05, 4.69) is 28.1 Å². The average molecular weight is 340 g/mol. The van der Waals surface area contributed by atoms with Gasteiger partial charge in [-0.3, -0.25) is 0 Å². The van der Waals surface area contributed by atoms with Crippen LogP contribution in [0.25, 0.3) is 22.2 Å². The Balaban J connectivity index is 1.93. The minimum absolute atomic E-state index is 0.0657. The molecule has 0 saturated heterocycles. The summed E-state index contributed by atoms with van der Waals surface area (Å²) in [5.74, 6) is 0.819. The number of methoxy groups -OCH3 is 1. The van der Waals surface area contributed by atoms with Crippen LogP contribution < -0.4 is 10.1 Å². The molecular weight excluding hydrogens is 316 g/mol. The highest BCUT2D eigenvalue weighted by atomic mass is 16.5. The highest BCUT2D eigenvalue weighted by Gasteiger charge is 2.14.